The van der Waals surface area contributed by atoms with Crippen molar-refractivity contribution in [3.05, 3.63) is 50.9 Å². The molecule has 1 aliphatic rings. The Morgan fingerprint density at radius 2 is 2.33 bits per heavy atom. The lowest BCUT2D eigenvalue weighted by atomic mass is 10.2. The summed E-state index contributed by atoms with van der Waals surface area (Å²) in [6.45, 7) is 1.20. The van der Waals surface area contributed by atoms with Crippen molar-refractivity contribution in [3.8, 4) is 0 Å². The molecule has 1 amide bonds. The number of hydrogen-bond donors (Lipinski definition) is 2. The van der Waals surface area contributed by atoms with Crippen LogP contribution in [0.25, 0.3) is 11.0 Å². The molecule has 1 aromatic carbocycles. The topological polar surface area (TPSA) is 75.0 Å². The molecule has 24 heavy (non-hydrogen) atoms. The van der Waals surface area contributed by atoms with Crippen LogP contribution >= 0.6 is 22.9 Å². The van der Waals surface area contributed by atoms with Gasteiger partial charge in [-0.3, -0.25) is 4.79 Å². The van der Waals surface area contributed by atoms with Gasteiger partial charge in [0.25, 0.3) is 5.91 Å². The summed E-state index contributed by atoms with van der Waals surface area (Å²) in [4.78, 5) is 23.5. The number of rotatable bonds is 3. The zero-order valence-corrected chi connectivity index (χ0v) is 14.5. The first-order chi connectivity index (χ1) is 11.7. The Morgan fingerprint density at radius 3 is 3.12 bits per heavy atom. The molecule has 0 aliphatic carbocycles. The van der Waals surface area contributed by atoms with Crippen LogP contribution in [0.1, 0.15) is 39.9 Å². The number of aromatic amines is 1. The van der Waals surface area contributed by atoms with Gasteiger partial charge in [0, 0.05) is 18.1 Å². The average Bonchev–Trinajstić information content (AvgIpc) is 3.31. The highest BCUT2D eigenvalue weighted by Gasteiger charge is 2.33. The highest BCUT2D eigenvalue weighted by Crippen LogP contribution is 2.34. The van der Waals surface area contributed by atoms with Crippen LogP contribution in [0.2, 0.25) is 5.02 Å². The number of carbonyl (C=O) groups is 1. The molecule has 124 valence electrons. The largest absolute Gasteiger partial charge is 0.340 e. The first-order valence-electron chi connectivity index (χ1n) is 7.89. The van der Waals surface area contributed by atoms with Crippen LogP contribution in [0.15, 0.2) is 29.6 Å². The number of halogens is 1. The second-order valence-corrected chi connectivity index (χ2v) is 7.31. The Labute approximate surface area is 148 Å². The fraction of sp³-hybridized carbons (Fsp3) is 0.294. The molecular formula is C17H17ClN4OS. The van der Waals surface area contributed by atoms with Gasteiger partial charge in [-0.15, -0.1) is 11.3 Å². The molecule has 7 heteroatoms. The molecule has 0 spiro atoms. The van der Waals surface area contributed by atoms with Crippen molar-refractivity contribution in [2.75, 3.05) is 6.54 Å². The maximum atomic E-state index is 12.9. The second-order valence-electron chi connectivity index (χ2n) is 5.96. The summed E-state index contributed by atoms with van der Waals surface area (Å²) in [7, 11) is 0. The van der Waals surface area contributed by atoms with Gasteiger partial charge in [0.05, 0.1) is 22.0 Å². The van der Waals surface area contributed by atoms with Crippen molar-refractivity contribution in [2.24, 2.45) is 5.73 Å². The van der Waals surface area contributed by atoms with Gasteiger partial charge in [-0.05, 0) is 48.1 Å². The van der Waals surface area contributed by atoms with E-state index < -0.39 is 0 Å². The lowest BCUT2D eigenvalue weighted by Gasteiger charge is -2.22. The van der Waals surface area contributed by atoms with Crippen molar-refractivity contribution < 1.29 is 4.79 Å². The van der Waals surface area contributed by atoms with Crippen LogP contribution in [-0.4, -0.2) is 27.3 Å². The van der Waals surface area contributed by atoms with E-state index in [1.165, 1.54) is 11.3 Å². The Morgan fingerprint density at radius 1 is 1.46 bits per heavy atom. The molecule has 0 saturated carbocycles. The van der Waals surface area contributed by atoms with Crippen LogP contribution in [0.5, 0.6) is 0 Å². The SMILES string of the molecule is NCc1csc(C(=O)N2CCCC2c2nc3ccc(Cl)cc3[nH]2)c1. The number of thiophene rings is 1. The minimum Gasteiger partial charge on any atom is -0.340 e. The molecule has 1 atom stereocenters. The third-order valence-corrected chi connectivity index (χ3v) is 5.59. The minimum absolute atomic E-state index is 0.0212. The van der Waals surface area contributed by atoms with E-state index in [-0.39, 0.29) is 11.9 Å². The Hall–Kier alpha value is -1.89. The van der Waals surface area contributed by atoms with Gasteiger partial charge in [-0.2, -0.15) is 0 Å². The lowest BCUT2D eigenvalue weighted by molar-refractivity contribution is 0.0735. The van der Waals surface area contributed by atoms with Crippen molar-refractivity contribution in [1.29, 1.82) is 0 Å². The van der Waals surface area contributed by atoms with Gasteiger partial charge >= 0.3 is 0 Å². The van der Waals surface area contributed by atoms with E-state index in [1.54, 1.807) is 0 Å². The number of aromatic nitrogens is 2. The van der Waals surface area contributed by atoms with Crippen molar-refractivity contribution in [1.82, 2.24) is 14.9 Å². The molecule has 4 rings (SSSR count). The molecule has 1 aliphatic heterocycles. The molecule has 1 fully saturated rings. The summed E-state index contributed by atoms with van der Waals surface area (Å²) in [6.07, 6.45) is 1.89. The number of H-pyrrole nitrogens is 1. The number of nitrogens with two attached hydrogens (primary N) is 1. The second kappa shape index (κ2) is 6.20. The van der Waals surface area contributed by atoms with Crippen molar-refractivity contribution in [2.45, 2.75) is 25.4 Å². The quantitative estimate of drug-likeness (QED) is 0.747. The van der Waals surface area contributed by atoms with Crippen LogP contribution in [0.4, 0.5) is 0 Å². The highest BCUT2D eigenvalue weighted by molar-refractivity contribution is 7.12. The number of nitrogens with one attached hydrogen (secondary N) is 1. The molecule has 0 radical (unpaired) electrons. The van der Waals surface area contributed by atoms with Crippen LogP contribution in [0, 0.1) is 0 Å². The molecule has 0 bridgehead atoms. The zero-order chi connectivity index (χ0) is 16.7. The van der Waals surface area contributed by atoms with E-state index in [4.69, 9.17) is 17.3 Å². The summed E-state index contributed by atoms with van der Waals surface area (Å²) in [6, 6.07) is 7.45. The minimum atomic E-state index is -0.0212. The van der Waals surface area contributed by atoms with Crippen LogP contribution in [0.3, 0.4) is 0 Å². The normalized spacial score (nSPS) is 17.8. The molecule has 1 unspecified atom stereocenters. The summed E-state index contributed by atoms with van der Waals surface area (Å²) < 4.78 is 0. The van der Waals surface area contributed by atoms with Gasteiger partial charge in [-0.25, -0.2) is 4.98 Å². The van der Waals surface area contributed by atoms with Crippen LogP contribution < -0.4 is 5.73 Å². The number of amides is 1. The smallest absolute Gasteiger partial charge is 0.264 e. The van der Waals surface area contributed by atoms with Gasteiger partial charge < -0.3 is 15.6 Å². The number of imidazole rings is 1. The standard InChI is InChI=1S/C17H17ClN4OS/c18-11-3-4-12-13(7-11)21-16(20-12)14-2-1-5-22(14)17(23)15-6-10(8-19)9-24-15/h3-4,6-7,9,14H,1-2,5,8,19H2,(H,20,21). The van der Waals surface area contributed by atoms with Crippen molar-refractivity contribution in [3.63, 3.8) is 0 Å². The first kappa shape index (κ1) is 15.6. The maximum absolute atomic E-state index is 12.9. The maximum Gasteiger partial charge on any atom is 0.264 e. The van der Waals surface area contributed by atoms with E-state index in [0.29, 0.717) is 11.6 Å². The van der Waals surface area contributed by atoms with Gasteiger partial charge in [-0.1, -0.05) is 11.6 Å². The van der Waals surface area contributed by atoms with E-state index in [9.17, 15) is 4.79 Å². The number of hydrogen-bond acceptors (Lipinski definition) is 4. The zero-order valence-electron chi connectivity index (χ0n) is 13.0. The van der Waals surface area contributed by atoms with Crippen molar-refractivity contribution >= 4 is 39.9 Å². The monoisotopic (exact) mass is 360 g/mol. The summed E-state index contributed by atoms with van der Waals surface area (Å²) in [5.74, 6) is 0.884. The Balaban J connectivity index is 1.64. The molecule has 2 aromatic heterocycles. The number of nitrogens with zero attached hydrogens (tertiary/aromatic N) is 2. The van der Waals surface area contributed by atoms with Gasteiger partial charge in [0.1, 0.15) is 5.82 Å². The number of likely N-dealkylation sites (tertiary alicyclic amines) is 1. The number of carbonyl (C=O) groups excluding carboxylic acids is 1. The summed E-state index contributed by atoms with van der Waals surface area (Å²) in [5, 5.41) is 2.62. The Bertz CT molecular complexity index is 903. The van der Waals surface area contributed by atoms with Gasteiger partial charge in [0.2, 0.25) is 0 Å². The fourth-order valence-corrected chi connectivity index (χ4v) is 4.24. The van der Waals surface area contributed by atoms with E-state index in [1.807, 2.05) is 34.5 Å². The number of benzene rings is 1. The summed E-state index contributed by atoms with van der Waals surface area (Å²) in [5.41, 5.74) is 8.42. The first-order valence-corrected chi connectivity index (χ1v) is 9.15. The molecule has 3 heterocycles. The van der Waals surface area contributed by atoms with Crippen LogP contribution in [-0.2, 0) is 6.54 Å². The van der Waals surface area contributed by atoms with E-state index in [0.717, 1.165) is 46.7 Å². The molecule has 1 saturated heterocycles. The van der Waals surface area contributed by atoms with Gasteiger partial charge in [0.15, 0.2) is 0 Å². The predicted octanol–water partition coefficient (Wildman–Crippen LogP) is 3.71. The van der Waals surface area contributed by atoms with E-state index >= 15 is 0 Å². The number of fused-ring (bicyclic) bond motifs is 1. The highest BCUT2D eigenvalue weighted by atomic mass is 35.5. The lowest BCUT2D eigenvalue weighted by Crippen LogP contribution is -2.30. The molecule has 3 N–H and O–H groups in total. The third kappa shape index (κ3) is 2.70. The Kier molecular flexibility index (Phi) is 4.04. The van der Waals surface area contributed by atoms with E-state index in [2.05, 4.69) is 9.97 Å². The third-order valence-electron chi connectivity index (χ3n) is 4.39. The average molecular weight is 361 g/mol. The summed E-state index contributed by atoms with van der Waals surface area (Å²) >= 11 is 7.50. The molecular weight excluding hydrogens is 344 g/mol. The molecule has 5 nitrogen and oxygen atoms in total. The fourth-order valence-electron chi connectivity index (χ4n) is 3.19. The predicted molar refractivity (Wildman–Crippen MR) is 96.3 cm³/mol. The molecule has 3 aromatic rings.